The molecular weight excluding hydrogens is 280 g/mol. The van der Waals surface area contributed by atoms with Crippen LogP contribution in [0.1, 0.15) is 11.4 Å². The zero-order valence-corrected chi connectivity index (χ0v) is 12.2. The molecule has 2 aromatic carbocycles. The fourth-order valence-electron chi connectivity index (χ4n) is 2.37. The topological polar surface area (TPSA) is 64.4 Å². The number of aryl methyl sites for hydroxylation is 1. The molecule has 0 saturated carbocycles. The number of aliphatic carboxylic acids is 1. The summed E-state index contributed by atoms with van der Waals surface area (Å²) in [7, 11) is 1.93. The predicted molar refractivity (Wildman–Crippen MR) is 82.8 cm³/mol. The molecule has 0 saturated heterocycles. The van der Waals surface area contributed by atoms with Gasteiger partial charge in [-0.1, -0.05) is 24.3 Å². The van der Waals surface area contributed by atoms with Gasteiger partial charge in [0.25, 0.3) is 0 Å². The largest absolute Gasteiger partial charge is 0.486 e. The minimum Gasteiger partial charge on any atom is -0.486 e. The van der Waals surface area contributed by atoms with Crippen molar-refractivity contribution in [3.05, 3.63) is 59.9 Å². The standard InChI is InChI=1S/C17H16N2O3/c1-19-15-8-7-12(10-17(20)21)9-14(15)18-16(19)11-22-13-5-3-2-4-6-13/h2-9H,10-11H2,1H3,(H,20,21). The minimum absolute atomic E-state index is 0.00234. The highest BCUT2D eigenvalue weighted by molar-refractivity contribution is 5.79. The van der Waals surface area contributed by atoms with Crippen LogP contribution in [0.3, 0.4) is 0 Å². The Labute approximate surface area is 127 Å². The molecule has 1 aromatic heterocycles. The quantitative estimate of drug-likeness (QED) is 0.786. The number of rotatable bonds is 5. The Hall–Kier alpha value is -2.82. The molecule has 3 rings (SSSR count). The van der Waals surface area contributed by atoms with Crippen molar-refractivity contribution in [3.8, 4) is 5.75 Å². The van der Waals surface area contributed by atoms with Gasteiger partial charge in [-0.15, -0.1) is 0 Å². The lowest BCUT2D eigenvalue weighted by atomic mass is 10.1. The molecule has 1 heterocycles. The number of carbonyl (C=O) groups is 1. The van der Waals surface area contributed by atoms with Crippen molar-refractivity contribution in [1.82, 2.24) is 9.55 Å². The molecule has 1 N–H and O–H groups in total. The summed E-state index contributed by atoms with van der Waals surface area (Å²) >= 11 is 0. The molecule has 5 heteroatoms. The van der Waals surface area contributed by atoms with Gasteiger partial charge in [0, 0.05) is 7.05 Å². The third-order valence-corrected chi connectivity index (χ3v) is 3.50. The molecule has 0 amide bonds. The van der Waals surface area contributed by atoms with Gasteiger partial charge in [-0.25, -0.2) is 4.98 Å². The maximum atomic E-state index is 10.8. The van der Waals surface area contributed by atoms with E-state index in [9.17, 15) is 4.79 Å². The number of carboxylic acids is 1. The Kier molecular flexibility index (Phi) is 3.78. The number of aromatic nitrogens is 2. The van der Waals surface area contributed by atoms with Crippen LogP contribution < -0.4 is 4.74 Å². The number of benzene rings is 2. The lowest BCUT2D eigenvalue weighted by Gasteiger charge is -2.05. The first-order valence-electron chi connectivity index (χ1n) is 6.97. The van der Waals surface area contributed by atoms with Crippen LogP contribution in [0.25, 0.3) is 11.0 Å². The molecule has 0 fully saturated rings. The number of imidazole rings is 1. The molecule has 0 unspecified atom stereocenters. The van der Waals surface area contributed by atoms with Crippen molar-refractivity contribution in [2.45, 2.75) is 13.0 Å². The van der Waals surface area contributed by atoms with E-state index in [1.165, 1.54) is 0 Å². The summed E-state index contributed by atoms with van der Waals surface area (Å²) in [5.74, 6) is 0.746. The number of hydrogen-bond acceptors (Lipinski definition) is 3. The third kappa shape index (κ3) is 2.93. The average Bonchev–Trinajstić information content (AvgIpc) is 2.81. The van der Waals surface area contributed by atoms with Gasteiger partial charge >= 0.3 is 5.97 Å². The number of para-hydroxylation sites is 1. The van der Waals surface area contributed by atoms with Gasteiger partial charge in [0.05, 0.1) is 17.5 Å². The van der Waals surface area contributed by atoms with Crippen molar-refractivity contribution in [3.63, 3.8) is 0 Å². The molecule has 0 radical (unpaired) electrons. The Morgan fingerprint density at radius 3 is 2.73 bits per heavy atom. The van der Waals surface area contributed by atoms with Gasteiger partial charge in [-0.3, -0.25) is 4.79 Å². The SMILES string of the molecule is Cn1c(COc2ccccc2)nc2cc(CC(=O)O)ccc21. The highest BCUT2D eigenvalue weighted by Crippen LogP contribution is 2.19. The van der Waals surface area contributed by atoms with E-state index < -0.39 is 5.97 Å². The summed E-state index contributed by atoms with van der Waals surface area (Å²) in [5, 5.41) is 8.86. The van der Waals surface area contributed by atoms with E-state index in [4.69, 9.17) is 9.84 Å². The van der Waals surface area contributed by atoms with Gasteiger partial charge in [0.1, 0.15) is 18.2 Å². The lowest BCUT2D eigenvalue weighted by molar-refractivity contribution is -0.136. The summed E-state index contributed by atoms with van der Waals surface area (Å²) in [4.78, 5) is 15.3. The second kappa shape index (κ2) is 5.89. The number of ether oxygens (including phenoxy) is 1. The van der Waals surface area contributed by atoms with Crippen molar-refractivity contribution in [2.75, 3.05) is 0 Å². The first kappa shape index (κ1) is 14.1. The van der Waals surface area contributed by atoms with E-state index in [1.54, 1.807) is 0 Å². The lowest BCUT2D eigenvalue weighted by Crippen LogP contribution is -2.03. The van der Waals surface area contributed by atoms with Gasteiger partial charge in [-0.05, 0) is 29.8 Å². The Bertz CT molecular complexity index is 809. The number of fused-ring (bicyclic) bond motifs is 1. The number of hydrogen-bond donors (Lipinski definition) is 1. The van der Waals surface area contributed by atoms with Crippen molar-refractivity contribution < 1.29 is 14.6 Å². The predicted octanol–water partition coefficient (Wildman–Crippen LogP) is 2.78. The monoisotopic (exact) mass is 296 g/mol. The fourth-order valence-corrected chi connectivity index (χ4v) is 2.37. The smallest absolute Gasteiger partial charge is 0.307 e. The van der Waals surface area contributed by atoms with Crippen molar-refractivity contribution in [2.24, 2.45) is 7.05 Å². The maximum absolute atomic E-state index is 10.8. The van der Waals surface area contributed by atoms with Crippen LogP contribution in [0, 0.1) is 0 Å². The summed E-state index contributed by atoms with van der Waals surface area (Å²) in [6.07, 6.45) is 0.00234. The maximum Gasteiger partial charge on any atom is 0.307 e. The molecule has 0 atom stereocenters. The zero-order valence-electron chi connectivity index (χ0n) is 12.2. The first-order valence-corrected chi connectivity index (χ1v) is 6.97. The van der Waals surface area contributed by atoms with Crippen molar-refractivity contribution in [1.29, 1.82) is 0 Å². The second-order valence-corrected chi connectivity index (χ2v) is 5.08. The molecule has 0 aliphatic rings. The molecule has 0 bridgehead atoms. The third-order valence-electron chi connectivity index (χ3n) is 3.50. The van der Waals surface area contributed by atoms with Crippen molar-refractivity contribution >= 4 is 17.0 Å². The van der Waals surface area contributed by atoms with E-state index in [0.717, 1.165) is 28.2 Å². The Morgan fingerprint density at radius 2 is 2.00 bits per heavy atom. The molecule has 22 heavy (non-hydrogen) atoms. The summed E-state index contributed by atoms with van der Waals surface area (Å²) in [6, 6.07) is 15.1. The molecule has 0 aliphatic heterocycles. The number of nitrogens with zero attached hydrogens (tertiary/aromatic N) is 2. The van der Waals surface area contributed by atoms with Crippen LogP contribution >= 0.6 is 0 Å². The van der Waals surface area contributed by atoms with E-state index in [-0.39, 0.29) is 6.42 Å². The summed E-state index contributed by atoms with van der Waals surface area (Å²) < 4.78 is 7.68. The highest BCUT2D eigenvalue weighted by atomic mass is 16.5. The van der Waals surface area contributed by atoms with E-state index >= 15 is 0 Å². The van der Waals surface area contributed by atoms with E-state index in [0.29, 0.717) is 6.61 Å². The second-order valence-electron chi connectivity index (χ2n) is 5.08. The molecule has 0 spiro atoms. The van der Waals surface area contributed by atoms with Crippen LogP contribution in [0.5, 0.6) is 5.75 Å². The molecule has 5 nitrogen and oxygen atoms in total. The summed E-state index contributed by atoms with van der Waals surface area (Å²) in [6.45, 7) is 0.365. The highest BCUT2D eigenvalue weighted by Gasteiger charge is 2.10. The normalized spacial score (nSPS) is 10.8. The van der Waals surface area contributed by atoms with E-state index in [1.807, 2.05) is 60.1 Å². The van der Waals surface area contributed by atoms with Crippen LogP contribution in [0.4, 0.5) is 0 Å². The fraction of sp³-hybridized carbons (Fsp3) is 0.176. The Morgan fingerprint density at radius 1 is 1.23 bits per heavy atom. The van der Waals surface area contributed by atoms with Crippen LogP contribution in [0.15, 0.2) is 48.5 Å². The Balaban J connectivity index is 1.84. The van der Waals surface area contributed by atoms with Crippen LogP contribution in [-0.4, -0.2) is 20.6 Å². The van der Waals surface area contributed by atoms with Crippen LogP contribution in [0.2, 0.25) is 0 Å². The van der Waals surface area contributed by atoms with Gasteiger partial charge in [0.2, 0.25) is 0 Å². The zero-order chi connectivity index (χ0) is 15.5. The molecule has 3 aromatic rings. The van der Waals surface area contributed by atoms with Gasteiger partial charge in [0.15, 0.2) is 0 Å². The number of carboxylic acid groups (broad SMARTS) is 1. The average molecular weight is 296 g/mol. The summed E-state index contributed by atoms with van der Waals surface area (Å²) in [5.41, 5.74) is 2.49. The molecular formula is C17H16N2O3. The molecule has 0 aliphatic carbocycles. The van der Waals surface area contributed by atoms with E-state index in [2.05, 4.69) is 4.98 Å². The van der Waals surface area contributed by atoms with Gasteiger partial charge in [-0.2, -0.15) is 0 Å². The van der Waals surface area contributed by atoms with Crippen LogP contribution in [-0.2, 0) is 24.9 Å². The first-order chi connectivity index (χ1) is 10.6. The molecule has 112 valence electrons. The minimum atomic E-state index is -0.845. The van der Waals surface area contributed by atoms with Gasteiger partial charge < -0.3 is 14.4 Å².